The molecule has 0 saturated heterocycles. The van der Waals surface area contributed by atoms with Crippen LogP contribution in [0.2, 0.25) is 5.02 Å². The van der Waals surface area contributed by atoms with Gasteiger partial charge >= 0.3 is 5.97 Å². The quantitative estimate of drug-likeness (QED) is 0.309. The number of esters is 1. The molecule has 0 atom stereocenters. The molecular formula is C25H20ClN3O3. The molecule has 0 radical (unpaired) electrons. The summed E-state index contributed by atoms with van der Waals surface area (Å²) in [6.45, 7) is 0. The lowest BCUT2D eigenvalue weighted by Crippen LogP contribution is -2.12. The van der Waals surface area contributed by atoms with Gasteiger partial charge in [-0.3, -0.25) is 9.59 Å². The number of aromatic nitrogens is 2. The van der Waals surface area contributed by atoms with Gasteiger partial charge in [0.15, 0.2) is 0 Å². The maximum atomic E-state index is 12.3. The second-order valence-corrected chi connectivity index (χ2v) is 7.47. The summed E-state index contributed by atoms with van der Waals surface area (Å²) >= 11 is 6.05. The highest BCUT2D eigenvalue weighted by Gasteiger charge is 2.11. The number of halogens is 1. The molecule has 0 aliphatic rings. The van der Waals surface area contributed by atoms with Crippen LogP contribution < -0.4 is 10.1 Å². The van der Waals surface area contributed by atoms with Crippen LogP contribution in [-0.2, 0) is 11.2 Å². The average molecular weight is 446 g/mol. The number of nitrogens with one attached hydrogen (secondary N) is 1. The first-order valence-electron chi connectivity index (χ1n) is 10.0. The number of hydrogen-bond donors (Lipinski definition) is 1. The molecule has 3 aromatic carbocycles. The van der Waals surface area contributed by atoms with Gasteiger partial charge in [-0.05, 0) is 60.5 Å². The van der Waals surface area contributed by atoms with Crippen molar-refractivity contribution in [3.05, 3.63) is 107 Å². The molecule has 160 valence electrons. The molecule has 1 N–H and O–H groups in total. The zero-order valence-corrected chi connectivity index (χ0v) is 17.8. The van der Waals surface area contributed by atoms with E-state index in [4.69, 9.17) is 16.3 Å². The van der Waals surface area contributed by atoms with Crippen molar-refractivity contribution in [2.24, 2.45) is 0 Å². The topological polar surface area (TPSA) is 73.2 Å². The Hall–Kier alpha value is -3.90. The van der Waals surface area contributed by atoms with Crippen molar-refractivity contribution in [1.82, 2.24) is 9.78 Å². The van der Waals surface area contributed by atoms with Gasteiger partial charge in [0.05, 0.1) is 28.9 Å². The molecule has 7 heteroatoms. The lowest BCUT2D eigenvalue weighted by Gasteiger charge is -2.08. The van der Waals surface area contributed by atoms with Crippen LogP contribution in [0.1, 0.15) is 22.3 Å². The second kappa shape index (κ2) is 9.94. The number of aryl methyl sites for hydroxylation is 1. The van der Waals surface area contributed by atoms with Crippen LogP contribution in [0.4, 0.5) is 5.69 Å². The number of ether oxygens (including phenoxy) is 1. The summed E-state index contributed by atoms with van der Waals surface area (Å²) in [7, 11) is 0. The third-order valence-corrected chi connectivity index (χ3v) is 5.07. The first kappa shape index (κ1) is 21.3. The van der Waals surface area contributed by atoms with E-state index in [0.717, 1.165) is 11.3 Å². The second-order valence-electron chi connectivity index (χ2n) is 7.06. The number of amides is 1. The van der Waals surface area contributed by atoms with Crippen LogP contribution in [0.25, 0.3) is 5.69 Å². The van der Waals surface area contributed by atoms with Crippen molar-refractivity contribution in [3.63, 3.8) is 0 Å². The number of rotatable bonds is 7. The van der Waals surface area contributed by atoms with Gasteiger partial charge in [0.2, 0.25) is 0 Å². The Kier molecular flexibility index (Phi) is 6.63. The summed E-state index contributed by atoms with van der Waals surface area (Å²) < 4.78 is 7.17. The summed E-state index contributed by atoms with van der Waals surface area (Å²) in [6, 6.07) is 23.2. The van der Waals surface area contributed by atoms with Crippen LogP contribution in [0, 0.1) is 0 Å². The minimum absolute atomic E-state index is 0.228. The summed E-state index contributed by atoms with van der Waals surface area (Å²) in [6.07, 6.45) is 4.40. The van der Waals surface area contributed by atoms with Gasteiger partial charge in [0.25, 0.3) is 5.91 Å². The molecule has 0 aliphatic carbocycles. The summed E-state index contributed by atoms with van der Waals surface area (Å²) in [5, 5.41) is 7.48. The molecule has 0 unspecified atom stereocenters. The minimum Gasteiger partial charge on any atom is -0.427 e. The third kappa shape index (κ3) is 5.42. The molecule has 1 aromatic heterocycles. The molecular weight excluding hydrogens is 426 g/mol. The molecule has 1 amide bonds. The zero-order chi connectivity index (χ0) is 22.3. The van der Waals surface area contributed by atoms with Gasteiger partial charge in [-0.1, -0.05) is 41.9 Å². The number of benzene rings is 3. The summed E-state index contributed by atoms with van der Waals surface area (Å²) in [5.41, 5.74) is 2.87. The highest BCUT2D eigenvalue weighted by Crippen LogP contribution is 2.20. The molecule has 32 heavy (non-hydrogen) atoms. The summed E-state index contributed by atoms with van der Waals surface area (Å²) in [5.74, 6) is -0.243. The first-order valence-corrected chi connectivity index (χ1v) is 10.4. The van der Waals surface area contributed by atoms with E-state index in [2.05, 4.69) is 10.4 Å². The van der Waals surface area contributed by atoms with Gasteiger partial charge in [0.1, 0.15) is 5.75 Å². The fourth-order valence-electron chi connectivity index (χ4n) is 3.09. The van der Waals surface area contributed by atoms with Crippen LogP contribution >= 0.6 is 11.6 Å². The summed E-state index contributed by atoms with van der Waals surface area (Å²) in [4.78, 5) is 24.5. The maximum absolute atomic E-state index is 12.3. The van der Waals surface area contributed by atoms with E-state index in [-0.39, 0.29) is 18.3 Å². The number of anilines is 1. The SMILES string of the molecule is O=C(CCc1cnn(-c2ccccc2)c1)Oc1ccc(NC(=O)c2ccccc2Cl)cc1. The van der Waals surface area contributed by atoms with Crippen molar-refractivity contribution >= 4 is 29.2 Å². The van der Waals surface area contributed by atoms with E-state index in [0.29, 0.717) is 28.4 Å². The molecule has 0 saturated carbocycles. The van der Waals surface area contributed by atoms with Gasteiger partial charge in [-0.2, -0.15) is 5.10 Å². The fourth-order valence-corrected chi connectivity index (χ4v) is 3.31. The molecule has 6 nitrogen and oxygen atoms in total. The predicted octanol–water partition coefficient (Wildman–Crippen LogP) is 5.32. The van der Waals surface area contributed by atoms with E-state index in [9.17, 15) is 9.59 Å². The molecule has 4 rings (SSSR count). The van der Waals surface area contributed by atoms with Crippen molar-refractivity contribution in [2.45, 2.75) is 12.8 Å². The Balaban J connectivity index is 1.28. The van der Waals surface area contributed by atoms with E-state index >= 15 is 0 Å². The first-order chi connectivity index (χ1) is 15.6. The standard InChI is InChI=1S/C25H20ClN3O3/c26-23-9-5-4-8-22(23)25(31)28-19-11-13-21(14-12-19)32-24(30)15-10-18-16-27-29(17-18)20-6-2-1-3-7-20/h1-9,11-14,16-17H,10,15H2,(H,28,31). The van der Waals surface area contributed by atoms with Gasteiger partial charge < -0.3 is 10.1 Å². The van der Waals surface area contributed by atoms with E-state index in [1.54, 1.807) is 59.4 Å². The lowest BCUT2D eigenvalue weighted by atomic mass is 10.2. The maximum Gasteiger partial charge on any atom is 0.311 e. The number of hydrogen-bond acceptors (Lipinski definition) is 4. The Labute approximate surface area is 190 Å². The molecule has 0 spiro atoms. The van der Waals surface area contributed by atoms with Crippen LogP contribution in [0.15, 0.2) is 91.3 Å². The molecule has 0 bridgehead atoms. The largest absolute Gasteiger partial charge is 0.427 e. The van der Waals surface area contributed by atoms with Crippen LogP contribution in [0.5, 0.6) is 5.75 Å². The van der Waals surface area contributed by atoms with Crippen molar-refractivity contribution in [3.8, 4) is 11.4 Å². The van der Waals surface area contributed by atoms with Crippen molar-refractivity contribution < 1.29 is 14.3 Å². The van der Waals surface area contributed by atoms with Crippen molar-refractivity contribution in [2.75, 3.05) is 5.32 Å². The Morgan fingerprint density at radius 2 is 1.66 bits per heavy atom. The van der Waals surface area contributed by atoms with Crippen LogP contribution in [0.3, 0.4) is 0 Å². The third-order valence-electron chi connectivity index (χ3n) is 4.74. The molecule has 0 fully saturated rings. The fraction of sp³-hybridized carbons (Fsp3) is 0.0800. The normalized spacial score (nSPS) is 10.5. The highest BCUT2D eigenvalue weighted by atomic mass is 35.5. The number of carbonyl (C=O) groups excluding carboxylic acids is 2. The smallest absolute Gasteiger partial charge is 0.311 e. The van der Waals surface area contributed by atoms with Gasteiger partial charge in [0, 0.05) is 11.9 Å². The lowest BCUT2D eigenvalue weighted by molar-refractivity contribution is -0.134. The van der Waals surface area contributed by atoms with E-state index < -0.39 is 0 Å². The van der Waals surface area contributed by atoms with Gasteiger partial charge in [-0.15, -0.1) is 0 Å². The van der Waals surface area contributed by atoms with E-state index in [1.807, 2.05) is 36.5 Å². The average Bonchev–Trinajstić information content (AvgIpc) is 3.29. The number of para-hydroxylation sites is 1. The highest BCUT2D eigenvalue weighted by molar-refractivity contribution is 6.34. The van der Waals surface area contributed by atoms with Gasteiger partial charge in [-0.25, -0.2) is 4.68 Å². The molecule has 4 aromatic rings. The van der Waals surface area contributed by atoms with Crippen LogP contribution in [-0.4, -0.2) is 21.7 Å². The number of nitrogens with zero attached hydrogens (tertiary/aromatic N) is 2. The van der Waals surface area contributed by atoms with E-state index in [1.165, 1.54) is 0 Å². The Bertz CT molecular complexity index is 1220. The predicted molar refractivity (Wildman–Crippen MR) is 123 cm³/mol. The Morgan fingerprint density at radius 1 is 0.938 bits per heavy atom. The molecule has 1 heterocycles. The Morgan fingerprint density at radius 3 is 2.41 bits per heavy atom. The zero-order valence-electron chi connectivity index (χ0n) is 17.1. The number of carbonyl (C=O) groups is 2. The monoisotopic (exact) mass is 445 g/mol. The minimum atomic E-state index is -0.342. The van der Waals surface area contributed by atoms with Crippen molar-refractivity contribution in [1.29, 1.82) is 0 Å². The molecule has 0 aliphatic heterocycles.